The number of aliphatic hydroxyl groups is 2. The standard InChI is InChI=1S/C5H8O6.Ag/c6-1-5(2-7,3(8)9)4(10)11;/h6-7H,1-2H2,(H,8,9)(H,10,11);. The van der Waals surface area contributed by atoms with Crippen LogP contribution in [0.25, 0.3) is 0 Å². The summed E-state index contributed by atoms with van der Waals surface area (Å²) in [7, 11) is 0. The number of carboxylic acids is 2. The summed E-state index contributed by atoms with van der Waals surface area (Å²) < 4.78 is 0. The van der Waals surface area contributed by atoms with E-state index in [2.05, 4.69) is 0 Å². The zero-order chi connectivity index (χ0) is 9.07. The Hall–Kier alpha value is -0.400. The second kappa shape index (κ2) is 5.28. The average Bonchev–Trinajstić information content (AvgIpc) is 1.90. The van der Waals surface area contributed by atoms with Crippen LogP contribution >= 0.6 is 0 Å². The first kappa shape index (κ1) is 14.1. The molecule has 0 heterocycles. The topological polar surface area (TPSA) is 115 Å². The Kier molecular flexibility index (Phi) is 6.23. The summed E-state index contributed by atoms with van der Waals surface area (Å²) in [5, 5.41) is 33.4. The third kappa shape index (κ3) is 2.29. The van der Waals surface area contributed by atoms with Gasteiger partial charge in [0.05, 0.1) is 13.2 Å². The smallest absolute Gasteiger partial charge is 0.325 e. The maximum atomic E-state index is 10.2. The fourth-order valence-electron chi connectivity index (χ4n) is 0.412. The van der Waals surface area contributed by atoms with Crippen molar-refractivity contribution in [2.45, 2.75) is 0 Å². The van der Waals surface area contributed by atoms with Gasteiger partial charge in [-0.1, -0.05) is 0 Å². The van der Waals surface area contributed by atoms with Crippen LogP contribution in [0.4, 0.5) is 0 Å². The van der Waals surface area contributed by atoms with E-state index in [9.17, 15) is 9.59 Å². The predicted molar refractivity (Wildman–Crippen MR) is 31.9 cm³/mol. The van der Waals surface area contributed by atoms with Crippen molar-refractivity contribution in [3.05, 3.63) is 0 Å². The molecule has 0 spiro atoms. The van der Waals surface area contributed by atoms with Gasteiger partial charge in [-0.05, 0) is 0 Å². The number of rotatable bonds is 4. The summed E-state index contributed by atoms with van der Waals surface area (Å²) in [4.78, 5) is 20.4. The molecular formula is C5H8AgO6. The van der Waals surface area contributed by atoms with Crippen molar-refractivity contribution in [3.63, 3.8) is 0 Å². The van der Waals surface area contributed by atoms with Gasteiger partial charge in [-0.15, -0.1) is 0 Å². The van der Waals surface area contributed by atoms with E-state index in [1.54, 1.807) is 0 Å². The van der Waals surface area contributed by atoms with Crippen LogP contribution in [0.15, 0.2) is 0 Å². The molecule has 1 radical (unpaired) electrons. The van der Waals surface area contributed by atoms with Gasteiger partial charge < -0.3 is 20.4 Å². The predicted octanol–water partition coefficient (Wildman–Crippen LogP) is -1.88. The molecule has 75 valence electrons. The van der Waals surface area contributed by atoms with Gasteiger partial charge in [0.1, 0.15) is 0 Å². The molecule has 6 nitrogen and oxygen atoms in total. The maximum Gasteiger partial charge on any atom is 0.325 e. The van der Waals surface area contributed by atoms with Crippen molar-refractivity contribution in [1.82, 2.24) is 0 Å². The second-order valence-electron chi connectivity index (χ2n) is 2.01. The Morgan fingerprint density at radius 3 is 1.25 bits per heavy atom. The second-order valence-corrected chi connectivity index (χ2v) is 2.01. The molecule has 0 aromatic rings. The van der Waals surface area contributed by atoms with E-state index in [4.69, 9.17) is 20.4 Å². The number of carbonyl (C=O) groups is 2. The van der Waals surface area contributed by atoms with Gasteiger partial charge in [0.15, 0.2) is 0 Å². The van der Waals surface area contributed by atoms with Crippen LogP contribution in [0, 0.1) is 5.41 Å². The Labute approximate surface area is 83.3 Å². The number of aliphatic hydroxyl groups excluding tert-OH is 2. The Morgan fingerprint density at radius 1 is 1.00 bits per heavy atom. The van der Waals surface area contributed by atoms with Gasteiger partial charge in [-0.3, -0.25) is 9.59 Å². The van der Waals surface area contributed by atoms with Crippen molar-refractivity contribution in [1.29, 1.82) is 0 Å². The third-order valence-electron chi connectivity index (χ3n) is 1.36. The summed E-state index contributed by atoms with van der Waals surface area (Å²) >= 11 is 0. The van der Waals surface area contributed by atoms with Gasteiger partial charge in [-0.25, -0.2) is 0 Å². The molecule has 0 aromatic heterocycles. The monoisotopic (exact) mass is 271 g/mol. The quantitative estimate of drug-likeness (QED) is 0.352. The molecule has 0 amide bonds. The van der Waals surface area contributed by atoms with Crippen LogP contribution < -0.4 is 0 Å². The van der Waals surface area contributed by atoms with Crippen LogP contribution in [0.5, 0.6) is 0 Å². The average molecular weight is 272 g/mol. The molecule has 0 atom stereocenters. The fraction of sp³-hybridized carbons (Fsp3) is 0.600. The van der Waals surface area contributed by atoms with Gasteiger partial charge in [0.25, 0.3) is 0 Å². The van der Waals surface area contributed by atoms with E-state index in [1.165, 1.54) is 0 Å². The van der Waals surface area contributed by atoms with Crippen LogP contribution in [-0.2, 0) is 32.0 Å². The first-order valence-corrected chi connectivity index (χ1v) is 2.70. The first-order chi connectivity index (χ1) is 5.01. The molecule has 12 heavy (non-hydrogen) atoms. The molecule has 0 rings (SSSR count). The van der Waals surface area contributed by atoms with Gasteiger partial charge in [0, 0.05) is 22.4 Å². The Balaban J connectivity index is 0. The van der Waals surface area contributed by atoms with Crippen LogP contribution in [0.1, 0.15) is 0 Å². The molecule has 0 saturated heterocycles. The number of carboxylic acid groups (broad SMARTS) is 2. The summed E-state index contributed by atoms with van der Waals surface area (Å²) in [5.74, 6) is -3.51. The van der Waals surface area contributed by atoms with Crippen LogP contribution in [0.3, 0.4) is 0 Å². The number of aliphatic carboxylic acids is 2. The van der Waals surface area contributed by atoms with Crippen molar-refractivity contribution >= 4 is 11.9 Å². The summed E-state index contributed by atoms with van der Waals surface area (Å²) in [5.41, 5.74) is -2.47. The largest absolute Gasteiger partial charge is 0.480 e. The molecule has 0 aromatic carbocycles. The number of hydrogen-bond acceptors (Lipinski definition) is 4. The summed E-state index contributed by atoms with van der Waals surface area (Å²) in [6.45, 7) is -2.26. The molecule has 0 saturated carbocycles. The summed E-state index contributed by atoms with van der Waals surface area (Å²) in [6.07, 6.45) is 0. The molecule has 0 fully saturated rings. The number of hydrogen-bond donors (Lipinski definition) is 4. The first-order valence-electron chi connectivity index (χ1n) is 2.70. The third-order valence-corrected chi connectivity index (χ3v) is 1.36. The van der Waals surface area contributed by atoms with Crippen LogP contribution in [-0.4, -0.2) is 45.6 Å². The van der Waals surface area contributed by atoms with Crippen LogP contribution in [0.2, 0.25) is 0 Å². The minimum Gasteiger partial charge on any atom is -0.480 e. The molecule has 0 aliphatic carbocycles. The van der Waals surface area contributed by atoms with Crippen molar-refractivity contribution < 1.29 is 52.4 Å². The minimum atomic E-state index is -2.47. The van der Waals surface area contributed by atoms with Crippen molar-refractivity contribution in [2.75, 3.05) is 13.2 Å². The molecule has 4 N–H and O–H groups in total. The van der Waals surface area contributed by atoms with Gasteiger partial charge in [-0.2, -0.15) is 0 Å². The maximum absolute atomic E-state index is 10.2. The molecule has 0 bridgehead atoms. The Bertz CT molecular complexity index is 159. The molecule has 0 unspecified atom stereocenters. The minimum absolute atomic E-state index is 0. The molecule has 7 heteroatoms. The summed E-state index contributed by atoms with van der Waals surface area (Å²) in [6, 6.07) is 0. The van der Waals surface area contributed by atoms with E-state index in [1.807, 2.05) is 0 Å². The van der Waals surface area contributed by atoms with Gasteiger partial charge in [0.2, 0.25) is 5.41 Å². The fourth-order valence-corrected chi connectivity index (χ4v) is 0.412. The molecule has 0 aliphatic heterocycles. The SMILES string of the molecule is O=C(O)C(CO)(CO)C(=O)O.[Ag]. The van der Waals surface area contributed by atoms with E-state index < -0.39 is 30.6 Å². The Morgan fingerprint density at radius 2 is 1.25 bits per heavy atom. The van der Waals surface area contributed by atoms with E-state index in [0.29, 0.717) is 0 Å². The van der Waals surface area contributed by atoms with E-state index in [0.717, 1.165) is 0 Å². The zero-order valence-corrected chi connectivity index (χ0v) is 7.30. The normalized spacial score (nSPS) is 10.2. The molecular weight excluding hydrogens is 264 g/mol. The van der Waals surface area contributed by atoms with Crippen molar-refractivity contribution in [2.24, 2.45) is 5.41 Å². The molecule has 0 aliphatic rings. The van der Waals surface area contributed by atoms with Gasteiger partial charge >= 0.3 is 11.9 Å². The van der Waals surface area contributed by atoms with E-state index >= 15 is 0 Å². The van der Waals surface area contributed by atoms with Crippen molar-refractivity contribution in [3.8, 4) is 0 Å². The van der Waals surface area contributed by atoms with E-state index in [-0.39, 0.29) is 22.4 Å². The zero-order valence-electron chi connectivity index (χ0n) is 5.82.